The summed E-state index contributed by atoms with van der Waals surface area (Å²) in [5.74, 6) is -2.23. The second-order valence-corrected chi connectivity index (χ2v) is 16.2. The number of hydrogen-bond donors (Lipinski definition) is 5. The minimum absolute atomic E-state index is 0.0176. The summed E-state index contributed by atoms with van der Waals surface area (Å²) in [7, 11) is -4.50. The van der Waals surface area contributed by atoms with E-state index in [2.05, 4.69) is 62.5 Å². The summed E-state index contributed by atoms with van der Waals surface area (Å²) < 4.78 is 32.6. The Labute approximate surface area is 353 Å². The first-order valence-electron chi connectivity index (χ1n) is 21.6. The predicted molar refractivity (Wildman–Crippen MR) is 231 cm³/mol. The standard InChI is InChI=1S/C45H74NO12P/c1-3-5-7-8-9-10-11-12-13-14-15-16-17-18-19-20-22-27-44(51)55-35-39(36-57-59(53,54)56-32-31-46)58-45(52)28-24-23-26-38(48)33-41-40(42(49)34-43(41)50)30-29-37(47)25-21-6-4-2/h5,7,9-10,12-13,15-16,18-19,29-30,37,39-43,47,49-50H,3-4,6,8,11,14,17,20-28,31-36,46H2,1-2H3,(H,53,54)/b7-5-,10-9-,13-12-,16-15-,19-18-,30-29+/t37-,39+,40+,41+,42+,43-/m0/s1. The van der Waals surface area contributed by atoms with Crippen molar-refractivity contribution in [2.24, 2.45) is 17.6 Å². The van der Waals surface area contributed by atoms with Crippen LogP contribution in [0.2, 0.25) is 0 Å². The number of nitrogens with two attached hydrogens (primary N) is 1. The summed E-state index contributed by atoms with van der Waals surface area (Å²) in [6, 6.07) is 0. The molecule has 0 aromatic heterocycles. The number of rotatable bonds is 35. The third-order valence-electron chi connectivity index (χ3n) is 9.56. The number of ether oxygens (including phenoxy) is 2. The SMILES string of the molecule is CC/C=C\C/C=C\C/C=C\C/C=C\C/C=C\CCCC(=O)OC[C@H](COP(=O)(O)OCCN)OC(=O)CCCCC(=O)C[C@@H]1[C@@H](/C=C/[C@@H](O)CCCCC)[C@H](O)C[C@@H]1O. The van der Waals surface area contributed by atoms with Crippen LogP contribution in [0.15, 0.2) is 72.9 Å². The van der Waals surface area contributed by atoms with Crippen LogP contribution in [0.1, 0.15) is 129 Å². The highest BCUT2D eigenvalue weighted by atomic mass is 31.2. The lowest BCUT2D eigenvalue weighted by atomic mass is 9.87. The molecule has 1 aliphatic rings. The number of phosphoric ester groups is 1. The molecule has 0 aromatic rings. The van der Waals surface area contributed by atoms with Crippen molar-refractivity contribution in [2.75, 3.05) is 26.4 Å². The number of aliphatic hydroxyl groups excluding tert-OH is 3. The van der Waals surface area contributed by atoms with Crippen molar-refractivity contribution >= 4 is 25.5 Å². The van der Waals surface area contributed by atoms with E-state index in [0.29, 0.717) is 32.1 Å². The van der Waals surface area contributed by atoms with Crippen molar-refractivity contribution in [1.29, 1.82) is 0 Å². The third-order valence-corrected chi connectivity index (χ3v) is 10.5. The monoisotopic (exact) mass is 851 g/mol. The molecule has 0 radical (unpaired) electrons. The average molecular weight is 852 g/mol. The number of esters is 2. The molecule has 1 rings (SSSR count). The van der Waals surface area contributed by atoms with Crippen LogP contribution in [0, 0.1) is 11.8 Å². The van der Waals surface area contributed by atoms with E-state index < -0.39 is 69.2 Å². The van der Waals surface area contributed by atoms with Gasteiger partial charge in [0.1, 0.15) is 12.4 Å². The Morgan fingerprint density at radius 1 is 0.763 bits per heavy atom. The van der Waals surface area contributed by atoms with Gasteiger partial charge in [-0.25, -0.2) is 4.57 Å². The summed E-state index contributed by atoms with van der Waals surface area (Å²) >= 11 is 0. The molecule has 0 spiro atoms. The molecule has 59 heavy (non-hydrogen) atoms. The molecule has 0 amide bonds. The van der Waals surface area contributed by atoms with Gasteiger partial charge in [0.2, 0.25) is 0 Å². The minimum Gasteiger partial charge on any atom is -0.462 e. The van der Waals surface area contributed by atoms with E-state index >= 15 is 0 Å². The van der Waals surface area contributed by atoms with Gasteiger partial charge in [-0.2, -0.15) is 0 Å². The maximum absolute atomic E-state index is 12.8. The minimum atomic E-state index is -4.50. The number of unbranched alkanes of at least 4 members (excludes halogenated alkanes) is 4. The largest absolute Gasteiger partial charge is 0.472 e. The fourth-order valence-corrected chi connectivity index (χ4v) is 7.08. The van der Waals surface area contributed by atoms with Gasteiger partial charge in [-0.05, 0) is 64.2 Å². The Bertz CT molecular complexity index is 1380. The van der Waals surface area contributed by atoms with E-state index in [1.165, 1.54) is 0 Å². The molecule has 1 unspecified atom stereocenters. The Balaban J connectivity index is 2.48. The van der Waals surface area contributed by atoms with Gasteiger partial charge in [0, 0.05) is 50.5 Å². The van der Waals surface area contributed by atoms with Crippen molar-refractivity contribution in [3.63, 3.8) is 0 Å². The van der Waals surface area contributed by atoms with Crippen molar-refractivity contribution in [1.82, 2.24) is 0 Å². The Morgan fingerprint density at radius 3 is 2.00 bits per heavy atom. The van der Waals surface area contributed by atoms with Gasteiger partial charge in [0.25, 0.3) is 0 Å². The highest BCUT2D eigenvalue weighted by Gasteiger charge is 2.41. The molecule has 0 aromatic carbocycles. The molecular weight excluding hydrogens is 777 g/mol. The number of allylic oxidation sites excluding steroid dienone is 10. The Hall–Kier alpha value is -3.00. The van der Waals surface area contributed by atoms with Crippen LogP contribution in [0.25, 0.3) is 0 Å². The molecule has 13 nitrogen and oxygen atoms in total. The third kappa shape index (κ3) is 29.0. The van der Waals surface area contributed by atoms with Crippen LogP contribution in [0.3, 0.4) is 0 Å². The number of carbonyl (C=O) groups excluding carboxylic acids is 3. The molecular formula is C45H74NO12P. The normalized spacial score (nSPS) is 20.8. The number of Topliss-reactive ketones (excluding diaryl/α,β-unsaturated/α-hetero) is 1. The molecule has 0 bridgehead atoms. The lowest BCUT2D eigenvalue weighted by Gasteiger charge is -2.20. The van der Waals surface area contributed by atoms with Crippen molar-refractivity contribution in [2.45, 2.75) is 154 Å². The van der Waals surface area contributed by atoms with Crippen LogP contribution in [-0.4, -0.2) is 88.7 Å². The van der Waals surface area contributed by atoms with Crippen LogP contribution in [0.4, 0.5) is 0 Å². The van der Waals surface area contributed by atoms with Gasteiger partial charge in [0.05, 0.1) is 31.5 Å². The number of hydrogen-bond acceptors (Lipinski definition) is 12. The maximum Gasteiger partial charge on any atom is 0.472 e. The van der Waals surface area contributed by atoms with E-state index in [9.17, 15) is 39.2 Å². The maximum atomic E-state index is 12.8. The van der Waals surface area contributed by atoms with Crippen LogP contribution in [0.5, 0.6) is 0 Å². The average Bonchev–Trinajstić information content (AvgIpc) is 3.47. The zero-order chi connectivity index (χ0) is 43.6. The molecule has 0 saturated heterocycles. The molecule has 14 heteroatoms. The molecule has 7 atom stereocenters. The molecule has 1 aliphatic carbocycles. The first-order chi connectivity index (χ1) is 28.4. The first kappa shape index (κ1) is 54.0. The molecule has 6 N–H and O–H groups in total. The molecule has 0 aliphatic heterocycles. The Kier molecular flexibility index (Phi) is 31.8. The van der Waals surface area contributed by atoms with Gasteiger partial charge in [-0.15, -0.1) is 0 Å². The summed E-state index contributed by atoms with van der Waals surface area (Å²) in [5, 5.41) is 31.3. The van der Waals surface area contributed by atoms with Crippen molar-refractivity contribution in [3.8, 4) is 0 Å². The number of ketones is 1. The second kappa shape index (κ2) is 34.7. The Morgan fingerprint density at radius 2 is 1.37 bits per heavy atom. The topological polar surface area (TPSA) is 212 Å². The van der Waals surface area contributed by atoms with E-state index in [1.54, 1.807) is 12.2 Å². The van der Waals surface area contributed by atoms with Gasteiger partial charge >= 0.3 is 19.8 Å². The van der Waals surface area contributed by atoms with Crippen LogP contribution >= 0.6 is 7.82 Å². The number of carbonyl (C=O) groups is 3. The van der Waals surface area contributed by atoms with Crippen LogP contribution in [-0.2, 0) is 37.5 Å². The second-order valence-electron chi connectivity index (χ2n) is 14.8. The number of aliphatic hydroxyl groups is 3. The smallest absolute Gasteiger partial charge is 0.462 e. The van der Waals surface area contributed by atoms with E-state index in [1.807, 2.05) is 12.2 Å². The molecule has 1 saturated carbocycles. The van der Waals surface area contributed by atoms with Crippen molar-refractivity contribution < 1.29 is 57.7 Å². The fraction of sp³-hybridized carbons (Fsp3) is 0.667. The lowest BCUT2D eigenvalue weighted by molar-refractivity contribution is -0.161. The predicted octanol–water partition coefficient (Wildman–Crippen LogP) is 7.83. The molecule has 0 heterocycles. The van der Waals surface area contributed by atoms with E-state index in [-0.39, 0.29) is 51.0 Å². The van der Waals surface area contributed by atoms with E-state index in [4.69, 9.17) is 24.3 Å². The first-order valence-corrected chi connectivity index (χ1v) is 23.1. The van der Waals surface area contributed by atoms with Gasteiger partial charge in [-0.1, -0.05) is 106 Å². The lowest BCUT2D eigenvalue weighted by Crippen LogP contribution is -2.29. The van der Waals surface area contributed by atoms with Gasteiger partial charge in [0.15, 0.2) is 6.10 Å². The van der Waals surface area contributed by atoms with Crippen molar-refractivity contribution in [3.05, 3.63) is 72.9 Å². The van der Waals surface area contributed by atoms with Gasteiger partial charge in [-0.3, -0.25) is 23.4 Å². The zero-order valence-corrected chi connectivity index (χ0v) is 36.4. The highest BCUT2D eigenvalue weighted by Crippen LogP contribution is 2.43. The number of phosphoric acid groups is 1. The molecule has 336 valence electrons. The van der Waals surface area contributed by atoms with E-state index in [0.717, 1.165) is 51.4 Å². The van der Waals surface area contributed by atoms with Gasteiger partial charge < -0.3 is 35.4 Å². The quantitative estimate of drug-likeness (QED) is 0.0178. The summed E-state index contributed by atoms with van der Waals surface area (Å²) in [5.41, 5.74) is 5.33. The fourth-order valence-electron chi connectivity index (χ4n) is 6.31. The van der Waals surface area contributed by atoms with Crippen LogP contribution < -0.4 is 5.73 Å². The summed E-state index contributed by atoms with van der Waals surface area (Å²) in [4.78, 5) is 47.9. The summed E-state index contributed by atoms with van der Waals surface area (Å²) in [6.45, 7) is 2.98. The zero-order valence-electron chi connectivity index (χ0n) is 35.5. The summed E-state index contributed by atoms with van der Waals surface area (Å²) in [6.07, 6.45) is 31.5. The highest BCUT2D eigenvalue weighted by molar-refractivity contribution is 7.47. The molecule has 1 fully saturated rings.